The summed E-state index contributed by atoms with van der Waals surface area (Å²) < 4.78 is 3.80. The van der Waals surface area contributed by atoms with Gasteiger partial charge in [0, 0.05) is 64.6 Å². The van der Waals surface area contributed by atoms with Gasteiger partial charge < -0.3 is 0 Å². The van der Waals surface area contributed by atoms with Crippen molar-refractivity contribution in [1.82, 2.24) is 29.4 Å². The average Bonchev–Trinajstić information content (AvgIpc) is 3.08. The van der Waals surface area contributed by atoms with Gasteiger partial charge in [0.25, 0.3) is 5.56 Å². The van der Waals surface area contributed by atoms with E-state index in [0.717, 1.165) is 74.9 Å². The van der Waals surface area contributed by atoms with Gasteiger partial charge >= 0.3 is 0 Å². The van der Waals surface area contributed by atoms with Crippen LogP contribution in [0.15, 0.2) is 10.9 Å². The molecule has 1 fully saturated rings. The molecular formula is C22H32N6OS. The van der Waals surface area contributed by atoms with Crippen LogP contribution in [0.5, 0.6) is 0 Å². The van der Waals surface area contributed by atoms with E-state index in [1.165, 1.54) is 36.2 Å². The molecule has 2 aromatic rings. The second-order valence-electron chi connectivity index (χ2n) is 8.80. The Hall–Kier alpha value is -1.64. The first-order valence-corrected chi connectivity index (χ1v) is 12.5. The smallest absolute Gasteiger partial charge is 0.267 e. The van der Waals surface area contributed by atoms with Gasteiger partial charge in [0.05, 0.1) is 23.6 Å². The Labute approximate surface area is 182 Å². The molecule has 5 rings (SSSR count). The highest BCUT2D eigenvalue weighted by atomic mass is 32.2. The molecule has 1 saturated heterocycles. The molecule has 2 aliphatic heterocycles. The fraction of sp³-hybridized carbons (Fsp3) is 0.682. The Morgan fingerprint density at radius 1 is 0.967 bits per heavy atom. The highest BCUT2D eigenvalue weighted by molar-refractivity contribution is 7.98. The molecule has 0 unspecified atom stereocenters. The summed E-state index contributed by atoms with van der Waals surface area (Å²) >= 11 is 1.89. The van der Waals surface area contributed by atoms with Gasteiger partial charge in [-0.15, -0.1) is 0 Å². The predicted octanol–water partition coefficient (Wildman–Crippen LogP) is 1.46. The van der Waals surface area contributed by atoms with Gasteiger partial charge in [-0.2, -0.15) is 22.0 Å². The van der Waals surface area contributed by atoms with Crippen LogP contribution in [0, 0.1) is 0 Å². The number of nitrogens with zero attached hydrogens (tertiary/aromatic N) is 6. The van der Waals surface area contributed by atoms with Crippen LogP contribution in [0.4, 0.5) is 0 Å². The van der Waals surface area contributed by atoms with E-state index in [-0.39, 0.29) is 5.56 Å². The lowest BCUT2D eigenvalue weighted by molar-refractivity contribution is 0.120. The highest BCUT2D eigenvalue weighted by Gasteiger charge is 2.23. The molecule has 0 aromatic carbocycles. The van der Waals surface area contributed by atoms with Crippen molar-refractivity contribution >= 4 is 11.8 Å². The SMILES string of the molecule is Cn1nc2c(c1CN1CCN(CCn3nc4c(cc3=O)CSCC4)CC1)CCCC2. The Balaban J connectivity index is 1.15. The Kier molecular flexibility index (Phi) is 5.98. The lowest BCUT2D eigenvalue weighted by atomic mass is 9.95. The molecule has 0 atom stereocenters. The van der Waals surface area contributed by atoms with Gasteiger partial charge in [0.1, 0.15) is 0 Å². The summed E-state index contributed by atoms with van der Waals surface area (Å²) in [7, 11) is 2.10. The number of fused-ring (bicyclic) bond motifs is 2. The number of piperazine rings is 1. The third-order valence-corrected chi connectivity index (χ3v) is 7.83. The summed E-state index contributed by atoms with van der Waals surface area (Å²) in [5.41, 5.74) is 6.58. The highest BCUT2D eigenvalue weighted by Crippen LogP contribution is 2.25. The van der Waals surface area contributed by atoms with Gasteiger partial charge in [-0.3, -0.25) is 19.3 Å². The molecule has 30 heavy (non-hydrogen) atoms. The van der Waals surface area contributed by atoms with E-state index in [4.69, 9.17) is 5.10 Å². The maximum atomic E-state index is 12.4. The van der Waals surface area contributed by atoms with Gasteiger partial charge in [-0.05, 0) is 42.6 Å². The summed E-state index contributed by atoms with van der Waals surface area (Å²) in [6.07, 6.45) is 5.90. The van der Waals surface area contributed by atoms with Crippen molar-refractivity contribution < 1.29 is 0 Å². The summed E-state index contributed by atoms with van der Waals surface area (Å²) in [6.45, 7) is 6.85. The van der Waals surface area contributed by atoms with Crippen LogP contribution in [0.3, 0.4) is 0 Å². The van der Waals surface area contributed by atoms with E-state index in [9.17, 15) is 4.79 Å². The van der Waals surface area contributed by atoms with Crippen LogP contribution >= 0.6 is 11.8 Å². The summed E-state index contributed by atoms with van der Waals surface area (Å²) in [4.78, 5) is 17.4. The molecule has 2 aromatic heterocycles. The number of thioether (sulfide) groups is 1. The number of hydrogen-bond donors (Lipinski definition) is 0. The van der Waals surface area contributed by atoms with Crippen LogP contribution < -0.4 is 5.56 Å². The molecule has 0 amide bonds. The molecule has 0 spiro atoms. The average molecular weight is 429 g/mol. The molecule has 0 saturated carbocycles. The normalized spacial score (nSPS) is 20.2. The molecule has 0 bridgehead atoms. The van der Waals surface area contributed by atoms with E-state index in [0.29, 0.717) is 6.54 Å². The van der Waals surface area contributed by atoms with Crippen molar-refractivity contribution in [3.63, 3.8) is 0 Å². The third-order valence-electron chi connectivity index (χ3n) is 6.82. The molecule has 1 aliphatic carbocycles. The lowest BCUT2D eigenvalue weighted by Crippen LogP contribution is -2.47. The molecule has 0 N–H and O–H groups in total. The third kappa shape index (κ3) is 4.22. The monoisotopic (exact) mass is 428 g/mol. The molecule has 162 valence electrons. The number of aromatic nitrogens is 4. The standard InChI is InChI=1S/C22H32N6OS/c1-25-21(18-4-2-3-5-20(18)23-25)15-27-9-7-26(8-10-27)11-12-28-22(29)14-17-16-30-13-6-19(17)24-28/h14H,2-13,15-16H2,1H3. The minimum absolute atomic E-state index is 0.0517. The van der Waals surface area contributed by atoms with Gasteiger partial charge in [-0.25, -0.2) is 4.68 Å². The van der Waals surface area contributed by atoms with E-state index >= 15 is 0 Å². The van der Waals surface area contributed by atoms with Crippen LogP contribution in [0.1, 0.15) is 41.1 Å². The van der Waals surface area contributed by atoms with Crippen molar-refractivity contribution in [2.45, 2.75) is 50.9 Å². The molecule has 4 heterocycles. The van der Waals surface area contributed by atoms with E-state index in [2.05, 4.69) is 26.6 Å². The molecule has 8 heteroatoms. The maximum Gasteiger partial charge on any atom is 0.267 e. The fourth-order valence-corrected chi connectivity index (χ4v) is 5.93. The largest absolute Gasteiger partial charge is 0.299 e. The van der Waals surface area contributed by atoms with Crippen LogP contribution in [0.2, 0.25) is 0 Å². The quantitative estimate of drug-likeness (QED) is 0.719. The minimum atomic E-state index is 0.0517. The molecule has 0 radical (unpaired) electrons. The Morgan fingerprint density at radius 2 is 1.77 bits per heavy atom. The van der Waals surface area contributed by atoms with Crippen molar-refractivity contribution in [2.75, 3.05) is 38.5 Å². The topological polar surface area (TPSA) is 59.2 Å². The zero-order chi connectivity index (χ0) is 20.5. The van der Waals surface area contributed by atoms with Crippen LogP contribution in [-0.4, -0.2) is 67.8 Å². The van der Waals surface area contributed by atoms with Gasteiger partial charge in [-0.1, -0.05) is 0 Å². The first kappa shape index (κ1) is 20.3. The van der Waals surface area contributed by atoms with Gasteiger partial charge in [0.15, 0.2) is 0 Å². The zero-order valence-electron chi connectivity index (χ0n) is 18.0. The van der Waals surface area contributed by atoms with Crippen molar-refractivity contribution in [2.24, 2.45) is 7.05 Å². The summed E-state index contributed by atoms with van der Waals surface area (Å²) in [5, 5.41) is 9.43. The number of hydrogen-bond acceptors (Lipinski definition) is 6. The van der Waals surface area contributed by atoms with E-state index < -0.39 is 0 Å². The van der Waals surface area contributed by atoms with Crippen LogP contribution in [0.25, 0.3) is 0 Å². The summed E-state index contributed by atoms with van der Waals surface area (Å²) in [5.74, 6) is 2.04. The molecular weight excluding hydrogens is 396 g/mol. The molecule has 7 nitrogen and oxygen atoms in total. The first-order valence-electron chi connectivity index (χ1n) is 11.3. The fourth-order valence-electron chi connectivity index (χ4n) is 4.98. The maximum absolute atomic E-state index is 12.4. The number of aryl methyl sites for hydroxylation is 3. The minimum Gasteiger partial charge on any atom is -0.299 e. The van der Waals surface area contributed by atoms with E-state index in [1.54, 1.807) is 10.7 Å². The second kappa shape index (κ2) is 8.85. The number of rotatable bonds is 5. The molecule has 3 aliphatic rings. The van der Waals surface area contributed by atoms with Crippen molar-refractivity contribution in [1.29, 1.82) is 0 Å². The lowest BCUT2D eigenvalue weighted by Gasteiger charge is -2.34. The van der Waals surface area contributed by atoms with Gasteiger partial charge in [0.2, 0.25) is 0 Å². The zero-order valence-corrected chi connectivity index (χ0v) is 18.8. The van der Waals surface area contributed by atoms with Crippen LogP contribution in [-0.2, 0) is 45.2 Å². The van der Waals surface area contributed by atoms with E-state index in [1.807, 2.05) is 11.8 Å². The second-order valence-corrected chi connectivity index (χ2v) is 9.91. The predicted molar refractivity (Wildman–Crippen MR) is 120 cm³/mol. The Morgan fingerprint density at radius 3 is 2.63 bits per heavy atom. The first-order chi connectivity index (χ1) is 14.7. The van der Waals surface area contributed by atoms with Crippen molar-refractivity contribution in [3.05, 3.63) is 44.6 Å². The summed E-state index contributed by atoms with van der Waals surface area (Å²) in [6, 6.07) is 1.81. The Bertz CT molecular complexity index is 959. The van der Waals surface area contributed by atoms with Crippen molar-refractivity contribution in [3.8, 4) is 0 Å².